The maximum atomic E-state index is 12.7. The van der Waals surface area contributed by atoms with Crippen molar-refractivity contribution in [2.75, 3.05) is 4.90 Å². The van der Waals surface area contributed by atoms with E-state index in [1.54, 1.807) is 21.9 Å². The second kappa shape index (κ2) is 5.45. The second-order valence-electron chi connectivity index (χ2n) is 4.38. The van der Waals surface area contributed by atoms with E-state index in [0.29, 0.717) is 0 Å². The number of hydrogen-bond acceptors (Lipinski definition) is 1. The summed E-state index contributed by atoms with van der Waals surface area (Å²) in [6, 6.07) is 22.8. The summed E-state index contributed by atoms with van der Waals surface area (Å²) in [7, 11) is 0. The number of nitrogens with zero attached hydrogens (tertiary/aromatic N) is 2. The second-order valence-corrected chi connectivity index (χ2v) is 4.38. The standard InChI is InChI=1S/C17H14N2O/c20-17(18-13-7-8-14-18)19(15-9-3-1-4-10-15)16-11-5-2-6-12-16/h1-14H. The lowest BCUT2D eigenvalue weighted by Crippen LogP contribution is -2.29. The summed E-state index contributed by atoms with van der Waals surface area (Å²) >= 11 is 0. The monoisotopic (exact) mass is 262 g/mol. The third-order valence-corrected chi connectivity index (χ3v) is 3.05. The van der Waals surface area contributed by atoms with Crippen LogP contribution >= 0.6 is 0 Å². The first-order valence-corrected chi connectivity index (χ1v) is 6.44. The van der Waals surface area contributed by atoms with E-state index in [2.05, 4.69) is 0 Å². The molecule has 98 valence electrons. The van der Waals surface area contributed by atoms with E-state index in [4.69, 9.17) is 0 Å². The molecule has 1 aromatic heterocycles. The molecule has 0 saturated carbocycles. The molecular weight excluding hydrogens is 248 g/mol. The molecule has 20 heavy (non-hydrogen) atoms. The van der Waals surface area contributed by atoms with Crippen LogP contribution < -0.4 is 4.90 Å². The highest BCUT2D eigenvalue weighted by molar-refractivity contribution is 6.00. The quantitative estimate of drug-likeness (QED) is 0.676. The molecule has 0 aliphatic rings. The van der Waals surface area contributed by atoms with Crippen molar-refractivity contribution >= 4 is 17.4 Å². The molecule has 0 saturated heterocycles. The highest BCUT2D eigenvalue weighted by Crippen LogP contribution is 2.25. The number of rotatable bonds is 2. The highest BCUT2D eigenvalue weighted by Gasteiger charge is 2.18. The van der Waals surface area contributed by atoms with Crippen molar-refractivity contribution < 1.29 is 4.79 Å². The van der Waals surface area contributed by atoms with Crippen LogP contribution in [-0.4, -0.2) is 10.6 Å². The lowest BCUT2D eigenvalue weighted by molar-refractivity contribution is 0.250. The Morgan fingerprint density at radius 2 is 1.15 bits per heavy atom. The van der Waals surface area contributed by atoms with Crippen molar-refractivity contribution in [2.24, 2.45) is 0 Å². The Morgan fingerprint density at radius 1 is 0.700 bits per heavy atom. The van der Waals surface area contributed by atoms with Gasteiger partial charge in [0.2, 0.25) is 0 Å². The van der Waals surface area contributed by atoms with Crippen LogP contribution in [0.4, 0.5) is 16.2 Å². The van der Waals surface area contributed by atoms with Crippen LogP contribution in [0.15, 0.2) is 85.2 Å². The Kier molecular flexibility index (Phi) is 3.33. The molecule has 0 spiro atoms. The van der Waals surface area contributed by atoms with Gasteiger partial charge in [0.25, 0.3) is 0 Å². The number of amides is 1. The van der Waals surface area contributed by atoms with E-state index in [1.165, 1.54) is 0 Å². The molecule has 3 rings (SSSR count). The first-order chi connectivity index (χ1) is 9.86. The summed E-state index contributed by atoms with van der Waals surface area (Å²) in [6.45, 7) is 0. The number of aromatic nitrogens is 1. The van der Waals surface area contributed by atoms with Crippen LogP contribution in [0.5, 0.6) is 0 Å². The molecule has 0 N–H and O–H groups in total. The van der Waals surface area contributed by atoms with Gasteiger partial charge in [-0.05, 0) is 36.4 Å². The summed E-state index contributed by atoms with van der Waals surface area (Å²) in [5, 5.41) is 0. The Hall–Kier alpha value is -2.81. The normalized spacial score (nSPS) is 10.2. The summed E-state index contributed by atoms with van der Waals surface area (Å²) in [5.74, 6) is 0. The predicted molar refractivity (Wildman–Crippen MR) is 80.2 cm³/mol. The summed E-state index contributed by atoms with van der Waals surface area (Å²) in [4.78, 5) is 14.4. The van der Waals surface area contributed by atoms with Gasteiger partial charge < -0.3 is 0 Å². The fourth-order valence-electron chi connectivity index (χ4n) is 2.10. The van der Waals surface area contributed by atoms with Gasteiger partial charge >= 0.3 is 6.03 Å². The number of carbonyl (C=O) groups excluding carboxylic acids is 1. The topological polar surface area (TPSA) is 25.2 Å². The molecule has 2 aromatic carbocycles. The molecule has 0 atom stereocenters. The van der Waals surface area contributed by atoms with E-state index < -0.39 is 0 Å². The van der Waals surface area contributed by atoms with Crippen molar-refractivity contribution in [2.45, 2.75) is 0 Å². The molecular formula is C17H14N2O. The zero-order valence-corrected chi connectivity index (χ0v) is 10.9. The lowest BCUT2D eigenvalue weighted by atomic mass is 10.2. The number of anilines is 2. The Balaban J connectivity index is 2.07. The largest absolute Gasteiger partial charge is 0.337 e. The van der Waals surface area contributed by atoms with Gasteiger partial charge in [-0.3, -0.25) is 9.47 Å². The molecule has 0 unspecified atom stereocenters. The summed E-state index contributed by atoms with van der Waals surface area (Å²) in [5.41, 5.74) is 1.69. The van der Waals surface area contributed by atoms with Gasteiger partial charge in [-0.2, -0.15) is 0 Å². The highest BCUT2D eigenvalue weighted by atomic mass is 16.2. The molecule has 1 heterocycles. The lowest BCUT2D eigenvalue weighted by Gasteiger charge is -2.23. The van der Waals surface area contributed by atoms with E-state index in [1.807, 2.05) is 72.8 Å². The minimum Gasteiger partial charge on any atom is -0.276 e. The van der Waals surface area contributed by atoms with Crippen LogP contribution in [0, 0.1) is 0 Å². The third-order valence-electron chi connectivity index (χ3n) is 3.05. The third kappa shape index (κ3) is 2.34. The van der Waals surface area contributed by atoms with Gasteiger partial charge in [0.05, 0.1) is 11.4 Å². The molecule has 3 nitrogen and oxygen atoms in total. The van der Waals surface area contributed by atoms with E-state index >= 15 is 0 Å². The van der Waals surface area contributed by atoms with E-state index in [0.717, 1.165) is 11.4 Å². The fraction of sp³-hybridized carbons (Fsp3) is 0. The van der Waals surface area contributed by atoms with Gasteiger partial charge in [0.1, 0.15) is 0 Å². The van der Waals surface area contributed by atoms with Crippen LogP contribution in [-0.2, 0) is 0 Å². The Morgan fingerprint density at radius 3 is 1.60 bits per heavy atom. The number of benzene rings is 2. The molecule has 3 heteroatoms. The van der Waals surface area contributed by atoms with Gasteiger partial charge in [0.15, 0.2) is 0 Å². The van der Waals surface area contributed by atoms with Crippen LogP contribution in [0.25, 0.3) is 0 Å². The molecule has 0 aliphatic carbocycles. The first-order valence-electron chi connectivity index (χ1n) is 6.44. The van der Waals surface area contributed by atoms with Gasteiger partial charge in [-0.1, -0.05) is 36.4 Å². The molecule has 1 amide bonds. The van der Waals surface area contributed by atoms with Gasteiger partial charge in [-0.25, -0.2) is 4.79 Å². The van der Waals surface area contributed by atoms with Crippen LogP contribution in [0.2, 0.25) is 0 Å². The van der Waals surface area contributed by atoms with Crippen molar-refractivity contribution in [3.05, 3.63) is 85.2 Å². The van der Waals surface area contributed by atoms with Crippen molar-refractivity contribution in [3.63, 3.8) is 0 Å². The van der Waals surface area contributed by atoms with Gasteiger partial charge in [0, 0.05) is 12.4 Å². The number of hydrogen-bond donors (Lipinski definition) is 0. The maximum Gasteiger partial charge on any atom is 0.337 e. The average Bonchev–Trinajstić information content (AvgIpc) is 3.04. The van der Waals surface area contributed by atoms with Crippen molar-refractivity contribution in [1.82, 2.24) is 4.57 Å². The van der Waals surface area contributed by atoms with Crippen LogP contribution in [0.1, 0.15) is 0 Å². The van der Waals surface area contributed by atoms with Crippen LogP contribution in [0.3, 0.4) is 0 Å². The van der Waals surface area contributed by atoms with Gasteiger partial charge in [-0.15, -0.1) is 0 Å². The predicted octanol–water partition coefficient (Wildman–Crippen LogP) is 4.29. The Labute approximate surface area is 117 Å². The molecule has 3 aromatic rings. The maximum absolute atomic E-state index is 12.7. The van der Waals surface area contributed by atoms with E-state index in [9.17, 15) is 4.79 Å². The summed E-state index contributed by atoms with van der Waals surface area (Å²) in [6.07, 6.45) is 3.50. The smallest absolute Gasteiger partial charge is 0.276 e. The summed E-state index contributed by atoms with van der Waals surface area (Å²) < 4.78 is 1.57. The van der Waals surface area contributed by atoms with E-state index in [-0.39, 0.29) is 6.03 Å². The van der Waals surface area contributed by atoms with Crippen molar-refractivity contribution in [3.8, 4) is 0 Å². The minimum atomic E-state index is -0.104. The SMILES string of the molecule is O=C(N(c1ccccc1)c1ccccc1)n1cccc1. The Bertz CT molecular complexity index is 636. The molecule has 0 radical (unpaired) electrons. The number of carbonyl (C=O) groups is 1. The fourth-order valence-corrected chi connectivity index (χ4v) is 2.10. The zero-order chi connectivity index (χ0) is 13.8. The molecule has 0 fully saturated rings. The first kappa shape index (κ1) is 12.2. The zero-order valence-electron chi connectivity index (χ0n) is 10.9. The number of para-hydroxylation sites is 2. The average molecular weight is 262 g/mol. The van der Waals surface area contributed by atoms with Crippen molar-refractivity contribution in [1.29, 1.82) is 0 Å². The molecule has 0 aliphatic heterocycles. The molecule has 0 bridgehead atoms. The minimum absolute atomic E-state index is 0.104.